The fourth-order valence-electron chi connectivity index (χ4n) is 7.27. The van der Waals surface area contributed by atoms with Gasteiger partial charge in [-0.1, -0.05) is 13.2 Å². The summed E-state index contributed by atoms with van der Waals surface area (Å²) in [6.07, 6.45) is 10.1. The third-order valence-electron chi connectivity index (χ3n) is 9.97. The van der Waals surface area contributed by atoms with Gasteiger partial charge in [0.05, 0.1) is 32.7 Å². The van der Waals surface area contributed by atoms with Crippen molar-refractivity contribution in [3.05, 3.63) is 24.3 Å². The van der Waals surface area contributed by atoms with Crippen molar-refractivity contribution < 1.29 is 66.5 Å². The van der Waals surface area contributed by atoms with Gasteiger partial charge in [-0.25, -0.2) is 9.59 Å². The molecule has 0 amide bonds. The Bertz CT molecular complexity index is 1230. The monoisotopic (exact) mass is 722 g/mol. The highest BCUT2D eigenvalue weighted by molar-refractivity contribution is 5.87. The highest BCUT2D eigenvalue weighted by Crippen LogP contribution is 2.44. The standard InChI is InChI=1S/C22H32O8.C15H22O6/c1-15(2)20(24)25-12-7-18(23)28-19(16-13-26-21(29-16)8-3-4-9-21)17-14-27-22(30-17)10-5-6-11-22;1-11(2)14(17)18-8-5-13(16)19-9-12-10-20-15(21-12)6-3-4-7-15/h16-17,19H,1,3-14H2,2H3;12H,1,3-10H2,2H3. The van der Waals surface area contributed by atoms with Crippen LogP contribution in [0.4, 0.5) is 0 Å². The Kier molecular flexibility index (Phi) is 13.7. The van der Waals surface area contributed by atoms with Gasteiger partial charge in [-0.05, 0) is 52.4 Å². The predicted molar refractivity (Wildman–Crippen MR) is 178 cm³/mol. The zero-order valence-corrected chi connectivity index (χ0v) is 30.1. The van der Waals surface area contributed by atoms with Crippen molar-refractivity contribution >= 4 is 23.9 Å². The molecular weight excluding hydrogens is 668 g/mol. The lowest BCUT2D eigenvalue weighted by Crippen LogP contribution is -2.45. The van der Waals surface area contributed by atoms with Gasteiger partial charge in [0.2, 0.25) is 0 Å². The van der Waals surface area contributed by atoms with Gasteiger partial charge >= 0.3 is 23.9 Å². The summed E-state index contributed by atoms with van der Waals surface area (Å²) in [5, 5.41) is 0. The summed E-state index contributed by atoms with van der Waals surface area (Å²) in [5.74, 6) is -3.46. The van der Waals surface area contributed by atoms with E-state index in [2.05, 4.69) is 13.2 Å². The van der Waals surface area contributed by atoms with Gasteiger partial charge in [-0.3, -0.25) is 9.59 Å². The van der Waals surface area contributed by atoms with Gasteiger partial charge in [0.1, 0.15) is 38.1 Å². The Hall–Kier alpha value is -2.88. The number of ether oxygens (including phenoxy) is 10. The molecule has 14 heteroatoms. The highest BCUT2D eigenvalue weighted by atomic mass is 16.8. The minimum absolute atomic E-state index is 0.00348. The lowest BCUT2D eigenvalue weighted by Gasteiger charge is -2.30. The molecule has 6 aliphatic rings. The summed E-state index contributed by atoms with van der Waals surface area (Å²) in [4.78, 5) is 46.7. The molecule has 3 unspecified atom stereocenters. The maximum Gasteiger partial charge on any atom is 0.333 e. The summed E-state index contributed by atoms with van der Waals surface area (Å²) < 4.78 is 56.8. The van der Waals surface area contributed by atoms with Crippen LogP contribution in [0.5, 0.6) is 0 Å². The van der Waals surface area contributed by atoms with E-state index in [0.717, 1.165) is 77.0 Å². The molecule has 0 aromatic heterocycles. The van der Waals surface area contributed by atoms with Crippen molar-refractivity contribution in [3.8, 4) is 0 Å². The van der Waals surface area contributed by atoms with Crippen LogP contribution in [0.2, 0.25) is 0 Å². The fraction of sp³-hybridized carbons (Fsp3) is 0.784. The molecule has 3 aliphatic heterocycles. The van der Waals surface area contributed by atoms with Gasteiger partial charge in [0.25, 0.3) is 0 Å². The molecule has 51 heavy (non-hydrogen) atoms. The molecule has 0 radical (unpaired) electrons. The van der Waals surface area contributed by atoms with Crippen molar-refractivity contribution in [3.63, 3.8) is 0 Å². The van der Waals surface area contributed by atoms with Crippen molar-refractivity contribution in [2.75, 3.05) is 39.6 Å². The van der Waals surface area contributed by atoms with Crippen LogP contribution in [0.15, 0.2) is 24.3 Å². The molecule has 3 saturated carbocycles. The molecule has 3 spiro atoms. The molecule has 3 heterocycles. The molecule has 6 rings (SSSR count). The minimum atomic E-state index is -0.630. The smallest absolute Gasteiger partial charge is 0.333 e. The predicted octanol–water partition coefficient (Wildman–Crippen LogP) is 4.50. The minimum Gasteiger partial charge on any atom is -0.463 e. The molecule has 0 bridgehead atoms. The maximum absolute atomic E-state index is 12.5. The average molecular weight is 723 g/mol. The van der Waals surface area contributed by atoms with E-state index in [1.54, 1.807) is 13.8 Å². The first-order chi connectivity index (χ1) is 24.4. The lowest BCUT2D eigenvalue weighted by molar-refractivity contribution is -0.207. The molecule has 0 aromatic carbocycles. The third-order valence-corrected chi connectivity index (χ3v) is 9.97. The third kappa shape index (κ3) is 10.8. The first-order valence-corrected chi connectivity index (χ1v) is 18.4. The Morgan fingerprint density at radius 3 is 1.47 bits per heavy atom. The van der Waals surface area contributed by atoms with E-state index in [0.29, 0.717) is 25.4 Å². The Labute approximate surface area is 299 Å². The van der Waals surface area contributed by atoms with Gasteiger partial charge in [0, 0.05) is 49.7 Å². The van der Waals surface area contributed by atoms with Crippen LogP contribution < -0.4 is 0 Å². The van der Waals surface area contributed by atoms with Crippen LogP contribution in [0, 0.1) is 0 Å². The van der Waals surface area contributed by atoms with Crippen LogP contribution in [0.1, 0.15) is 104 Å². The lowest BCUT2D eigenvalue weighted by atomic mass is 10.1. The molecule has 0 N–H and O–H groups in total. The number of carbonyl (C=O) groups excluding carboxylic acids is 4. The summed E-state index contributed by atoms with van der Waals surface area (Å²) in [6, 6.07) is 0. The van der Waals surface area contributed by atoms with Gasteiger partial charge in [0.15, 0.2) is 23.5 Å². The quantitative estimate of drug-likeness (QED) is 0.148. The molecule has 3 aliphatic carbocycles. The van der Waals surface area contributed by atoms with E-state index in [1.165, 1.54) is 0 Å². The van der Waals surface area contributed by atoms with E-state index in [-0.39, 0.29) is 44.3 Å². The molecular formula is C37H54O14. The zero-order chi connectivity index (χ0) is 36.5. The Balaban J connectivity index is 0.000000211. The molecule has 3 atom stereocenters. The van der Waals surface area contributed by atoms with Crippen LogP contribution in [-0.4, -0.2) is 105 Å². The van der Waals surface area contributed by atoms with Gasteiger partial charge in [-0.2, -0.15) is 0 Å². The largest absolute Gasteiger partial charge is 0.463 e. The average Bonchev–Trinajstić information content (AvgIpc) is 3.97. The summed E-state index contributed by atoms with van der Waals surface area (Å²) >= 11 is 0. The second kappa shape index (κ2) is 17.8. The Morgan fingerprint density at radius 1 is 0.608 bits per heavy atom. The second-order valence-electron chi connectivity index (χ2n) is 14.3. The van der Waals surface area contributed by atoms with Crippen LogP contribution in [0.3, 0.4) is 0 Å². The van der Waals surface area contributed by atoms with E-state index < -0.39 is 59.6 Å². The number of hydrogen-bond acceptors (Lipinski definition) is 14. The van der Waals surface area contributed by atoms with E-state index in [4.69, 9.17) is 47.4 Å². The van der Waals surface area contributed by atoms with Crippen LogP contribution in [0.25, 0.3) is 0 Å². The van der Waals surface area contributed by atoms with Crippen molar-refractivity contribution in [1.29, 1.82) is 0 Å². The van der Waals surface area contributed by atoms with Crippen LogP contribution in [-0.2, 0) is 66.5 Å². The van der Waals surface area contributed by atoms with Crippen molar-refractivity contribution in [2.45, 2.75) is 146 Å². The van der Waals surface area contributed by atoms with E-state index in [1.807, 2.05) is 0 Å². The van der Waals surface area contributed by atoms with Gasteiger partial charge < -0.3 is 47.4 Å². The number of rotatable bonds is 13. The summed E-state index contributed by atoms with van der Waals surface area (Å²) in [5.41, 5.74) is 0.597. The molecule has 14 nitrogen and oxygen atoms in total. The first-order valence-electron chi connectivity index (χ1n) is 18.4. The van der Waals surface area contributed by atoms with Gasteiger partial charge in [-0.15, -0.1) is 0 Å². The molecule has 6 fully saturated rings. The Morgan fingerprint density at radius 2 is 1.02 bits per heavy atom. The normalized spacial score (nSPS) is 27.2. The molecule has 3 saturated heterocycles. The molecule has 0 aromatic rings. The van der Waals surface area contributed by atoms with Crippen molar-refractivity contribution in [2.24, 2.45) is 0 Å². The van der Waals surface area contributed by atoms with E-state index in [9.17, 15) is 19.2 Å². The fourth-order valence-corrected chi connectivity index (χ4v) is 7.27. The topological polar surface area (TPSA) is 161 Å². The molecule has 286 valence electrons. The maximum atomic E-state index is 12.5. The first kappa shape index (κ1) is 39.3. The zero-order valence-electron chi connectivity index (χ0n) is 30.1. The SMILES string of the molecule is C=C(C)C(=O)OCCC(=O)OC(C1COC2(CCCC2)O1)C1COC2(CCCC2)O1.C=C(C)C(=O)OCCC(=O)OCC1COC2(CCCC2)O1. The summed E-state index contributed by atoms with van der Waals surface area (Å²) in [7, 11) is 0. The van der Waals surface area contributed by atoms with Crippen LogP contribution >= 0.6 is 0 Å². The number of hydrogen-bond donors (Lipinski definition) is 0. The number of carbonyl (C=O) groups is 4. The van der Waals surface area contributed by atoms with E-state index >= 15 is 0 Å². The number of esters is 4. The van der Waals surface area contributed by atoms with Crippen molar-refractivity contribution in [1.82, 2.24) is 0 Å². The highest BCUT2D eigenvalue weighted by Gasteiger charge is 2.53. The second-order valence-corrected chi connectivity index (χ2v) is 14.3. The summed E-state index contributed by atoms with van der Waals surface area (Å²) in [6.45, 7) is 11.4.